The highest BCUT2D eigenvalue weighted by Gasteiger charge is 2.47. The van der Waals surface area contributed by atoms with Gasteiger partial charge in [-0.1, -0.05) is 434 Å². The Morgan fingerprint density at radius 2 is 0.280 bits per heavy atom. The van der Waals surface area contributed by atoms with E-state index in [4.69, 9.17) is 0 Å². The van der Waals surface area contributed by atoms with Gasteiger partial charge in [-0.05, 0) is 141 Å². The molecule has 93 heavy (non-hydrogen) atoms. The third kappa shape index (κ3) is 50.2. The lowest BCUT2D eigenvalue weighted by molar-refractivity contribution is -0.0486. The number of aliphatic hydroxyl groups is 2. The molecule has 2 unspecified atom stereocenters. The van der Waals surface area contributed by atoms with Crippen molar-refractivity contribution in [3.05, 3.63) is 0 Å². The molecule has 1 rings (SSSR count). The van der Waals surface area contributed by atoms with Gasteiger partial charge >= 0.3 is 0 Å². The molecule has 0 aromatic carbocycles. The van der Waals surface area contributed by atoms with E-state index in [1.165, 1.54) is 443 Å². The van der Waals surface area contributed by atoms with Crippen molar-refractivity contribution in [3.63, 3.8) is 0 Å². The van der Waals surface area contributed by atoms with E-state index >= 15 is 0 Å². The second kappa shape index (κ2) is 69.2. The molecule has 0 heterocycles. The number of hydrogen-bond acceptors (Lipinski definition) is 2. The predicted molar refractivity (Wildman–Crippen MR) is 429 cm³/mol. The minimum Gasteiger partial charge on any atom is -0.396 e. The van der Waals surface area contributed by atoms with Gasteiger partial charge in [-0.25, -0.2) is 0 Å². The van der Waals surface area contributed by atoms with Gasteiger partial charge in [0.05, 0.1) is 0 Å². The smallest absolute Gasteiger partial charge is 0.0487 e. The summed E-state index contributed by atoms with van der Waals surface area (Å²) in [6, 6.07) is 0. The standard InChI is InChI=1S/C90H180O2.H4Si/c1-9-17-25-27-41-47-54-68-84-86(85(69-55-48-42-28-26-18-10-2)87(84)71-57-50-44-38-34-30-32-36-40-46-52-65-80-89(82-91,76-60-21-13-5)77-61-22-14-6)70-56-49-43-37-33-29-31-35-39-45-51-64-74-88(72-58-19-11-3,73-59-20-12-4)75-66-53-67-81-90(83-92,78-62-23-15-7)79-63-24-16-8;/h84-87,91-92H,9-83H2,1-8H3;1H4. The van der Waals surface area contributed by atoms with Gasteiger partial charge in [0.25, 0.3) is 0 Å². The molecule has 0 amide bonds. The molecule has 0 radical (unpaired) electrons. The summed E-state index contributed by atoms with van der Waals surface area (Å²) < 4.78 is 0. The Hall–Kier alpha value is 0.137. The van der Waals surface area contributed by atoms with Crippen molar-refractivity contribution in [2.24, 2.45) is 39.9 Å². The van der Waals surface area contributed by atoms with Crippen LogP contribution in [-0.2, 0) is 0 Å². The first-order valence-corrected chi connectivity index (χ1v) is 44.5. The Morgan fingerprint density at radius 3 is 0.452 bits per heavy atom. The molecule has 560 valence electrons. The van der Waals surface area contributed by atoms with Crippen LogP contribution in [0.2, 0.25) is 0 Å². The summed E-state index contributed by atoms with van der Waals surface area (Å²) in [5.41, 5.74) is 0.994. The Labute approximate surface area is 595 Å². The third-order valence-electron chi connectivity index (χ3n) is 24.9. The van der Waals surface area contributed by atoms with Crippen LogP contribution < -0.4 is 0 Å². The average molecular weight is 1330 g/mol. The molecule has 0 spiro atoms. The topological polar surface area (TPSA) is 40.5 Å². The van der Waals surface area contributed by atoms with Gasteiger partial charge in [-0.2, -0.15) is 0 Å². The summed E-state index contributed by atoms with van der Waals surface area (Å²) in [7, 11) is 0. The summed E-state index contributed by atoms with van der Waals surface area (Å²) in [4.78, 5) is 0. The molecular weight excluding hydrogens is 1140 g/mol. The van der Waals surface area contributed by atoms with E-state index in [1.807, 2.05) is 0 Å². The van der Waals surface area contributed by atoms with Gasteiger partial charge in [0.2, 0.25) is 0 Å². The lowest BCUT2D eigenvalue weighted by Gasteiger charge is -2.54. The summed E-state index contributed by atoms with van der Waals surface area (Å²) in [5, 5.41) is 21.3. The summed E-state index contributed by atoms with van der Waals surface area (Å²) in [6.07, 6.45) is 103. The third-order valence-corrected chi connectivity index (χ3v) is 24.9. The highest BCUT2D eigenvalue weighted by atomic mass is 28.1. The normalized spacial score (nSPS) is 16.2. The van der Waals surface area contributed by atoms with Crippen LogP contribution in [0.15, 0.2) is 0 Å². The summed E-state index contributed by atoms with van der Waals surface area (Å²) in [6.45, 7) is 19.6. The van der Waals surface area contributed by atoms with E-state index in [9.17, 15) is 10.2 Å². The zero-order valence-corrected chi connectivity index (χ0v) is 65.7. The van der Waals surface area contributed by atoms with Gasteiger partial charge in [0.15, 0.2) is 0 Å². The molecule has 1 saturated carbocycles. The quantitative estimate of drug-likeness (QED) is 0.0471. The number of aliphatic hydroxyl groups excluding tert-OH is 2. The van der Waals surface area contributed by atoms with Crippen LogP contribution in [0.3, 0.4) is 0 Å². The lowest BCUT2D eigenvalue weighted by atomic mass is 9.51. The molecule has 0 aromatic heterocycles. The SMILES string of the molecule is CCCCCCCCCC1C(CCCCCCCCCCCCCCC(CO)(CCCCC)CCCCC)C(CCCCCCCCC)C1CCCCCCCCCCCCCCC(CCCCC)(CCCCC)CCCCCC(CO)(CCCCC)CCCCC.[SiH4]. The van der Waals surface area contributed by atoms with E-state index in [0.717, 1.165) is 23.7 Å². The van der Waals surface area contributed by atoms with Crippen molar-refractivity contribution in [3.8, 4) is 0 Å². The largest absolute Gasteiger partial charge is 0.396 e. The maximum Gasteiger partial charge on any atom is 0.0487 e. The molecule has 2 atom stereocenters. The minimum atomic E-state index is 0. The lowest BCUT2D eigenvalue weighted by Crippen LogP contribution is -2.46. The highest BCUT2D eigenvalue weighted by molar-refractivity contribution is 5.75. The van der Waals surface area contributed by atoms with Gasteiger partial charge in [0, 0.05) is 13.2 Å². The van der Waals surface area contributed by atoms with E-state index in [2.05, 4.69) is 55.4 Å². The second-order valence-corrected chi connectivity index (χ2v) is 33.2. The fourth-order valence-corrected chi connectivity index (χ4v) is 18.5. The maximum atomic E-state index is 10.8. The second-order valence-electron chi connectivity index (χ2n) is 33.2. The van der Waals surface area contributed by atoms with Crippen LogP contribution in [0.25, 0.3) is 0 Å². The van der Waals surface area contributed by atoms with Gasteiger partial charge in [0.1, 0.15) is 0 Å². The van der Waals surface area contributed by atoms with E-state index in [1.54, 1.807) is 25.7 Å². The fourth-order valence-electron chi connectivity index (χ4n) is 18.5. The van der Waals surface area contributed by atoms with Gasteiger partial charge in [-0.3, -0.25) is 0 Å². The summed E-state index contributed by atoms with van der Waals surface area (Å²) in [5.74, 6) is 4.20. The van der Waals surface area contributed by atoms with E-state index in [0.29, 0.717) is 18.6 Å². The first kappa shape index (κ1) is 93.1. The number of hydrogen-bond donors (Lipinski definition) is 2. The van der Waals surface area contributed by atoms with Gasteiger partial charge < -0.3 is 10.2 Å². The highest BCUT2D eigenvalue weighted by Crippen LogP contribution is 2.55. The average Bonchev–Trinajstić information content (AvgIpc) is 0.777. The molecule has 0 aliphatic heterocycles. The molecule has 0 bridgehead atoms. The van der Waals surface area contributed by atoms with Crippen LogP contribution in [0.1, 0.15) is 524 Å². The molecule has 2 nitrogen and oxygen atoms in total. The first-order valence-electron chi connectivity index (χ1n) is 44.5. The van der Waals surface area contributed by atoms with Crippen molar-refractivity contribution in [2.45, 2.75) is 524 Å². The van der Waals surface area contributed by atoms with Crippen molar-refractivity contribution in [2.75, 3.05) is 13.2 Å². The molecule has 1 aliphatic carbocycles. The van der Waals surface area contributed by atoms with Crippen molar-refractivity contribution in [1.29, 1.82) is 0 Å². The van der Waals surface area contributed by atoms with Crippen molar-refractivity contribution in [1.82, 2.24) is 0 Å². The predicted octanol–water partition coefficient (Wildman–Crippen LogP) is 30.6. The Morgan fingerprint density at radius 1 is 0.161 bits per heavy atom. The van der Waals surface area contributed by atoms with Crippen LogP contribution >= 0.6 is 0 Å². The monoisotopic (exact) mass is 1330 g/mol. The molecule has 0 aromatic rings. The zero-order chi connectivity index (χ0) is 66.8. The van der Waals surface area contributed by atoms with Crippen molar-refractivity contribution >= 4 is 11.0 Å². The Balaban J connectivity index is 0.0000846. The van der Waals surface area contributed by atoms with E-state index < -0.39 is 0 Å². The number of rotatable bonds is 78. The number of unbranched alkanes of at least 4 members (excludes halogenated alkanes) is 48. The molecule has 1 aliphatic rings. The first-order chi connectivity index (χ1) is 45.3. The molecular formula is C90H184O2Si. The van der Waals surface area contributed by atoms with Crippen molar-refractivity contribution < 1.29 is 10.2 Å². The van der Waals surface area contributed by atoms with Crippen LogP contribution in [0.4, 0.5) is 0 Å². The van der Waals surface area contributed by atoms with Crippen LogP contribution in [0.5, 0.6) is 0 Å². The summed E-state index contributed by atoms with van der Waals surface area (Å²) >= 11 is 0. The molecule has 2 N–H and O–H groups in total. The zero-order valence-electron chi connectivity index (χ0n) is 65.7. The minimum absolute atomic E-state index is 0. The molecule has 0 saturated heterocycles. The maximum absolute atomic E-state index is 10.8. The van der Waals surface area contributed by atoms with Crippen LogP contribution in [-0.4, -0.2) is 34.4 Å². The Bertz CT molecular complexity index is 1370. The Kier molecular flexibility index (Phi) is 69.3. The van der Waals surface area contributed by atoms with Crippen LogP contribution in [0, 0.1) is 39.9 Å². The van der Waals surface area contributed by atoms with E-state index in [-0.39, 0.29) is 21.8 Å². The fraction of sp³-hybridized carbons (Fsp3) is 1.00. The molecule has 3 heteroatoms. The van der Waals surface area contributed by atoms with Gasteiger partial charge in [-0.15, -0.1) is 0 Å². The molecule has 1 fully saturated rings.